The molecule has 1 amide bonds. The molecule has 0 spiro atoms. The molecule has 1 fully saturated rings. The van der Waals surface area contributed by atoms with Crippen LogP contribution in [-0.2, 0) is 17.8 Å². The van der Waals surface area contributed by atoms with Crippen molar-refractivity contribution in [3.63, 3.8) is 0 Å². The van der Waals surface area contributed by atoms with E-state index in [2.05, 4.69) is 24.0 Å². The Labute approximate surface area is 201 Å². The Morgan fingerprint density at radius 1 is 1.15 bits per heavy atom. The highest BCUT2D eigenvalue weighted by Crippen LogP contribution is 2.29. The van der Waals surface area contributed by atoms with Crippen molar-refractivity contribution in [3.8, 4) is 17.2 Å². The van der Waals surface area contributed by atoms with Gasteiger partial charge in [-0.25, -0.2) is 9.78 Å². The van der Waals surface area contributed by atoms with E-state index in [0.29, 0.717) is 36.9 Å². The van der Waals surface area contributed by atoms with E-state index in [0.717, 1.165) is 42.3 Å². The molecular formula is C28H34N2O4. The van der Waals surface area contributed by atoms with Gasteiger partial charge in [0.25, 0.3) is 0 Å². The van der Waals surface area contributed by atoms with E-state index in [9.17, 15) is 4.79 Å². The zero-order valence-electron chi connectivity index (χ0n) is 20.5. The summed E-state index contributed by atoms with van der Waals surface area (Å²) in [5, 5.41) is 0. The molecule has 0 unspecified atom stereocenters. The molecule has 1 aliphatic heterocycles. The topological polar surface area (TPSA) is 64.8 Å². The Morgan fingerprint density at radius 2 is 1.94 bits per heavy atom. The van der Waals surface area contributed by atoms with Crippen molar-refractivity contribution in [2.45, 2.75) is 40.7 Å². The maximum atomic E-state index is 12.4. The molecule has 4 rings (SSSR count). The minimum absolute atomic E-state index is 0.196. The number of hydrogen-bond donors (Lipinski definition) is 0. The number of likely N-dealkylation sites (tertiary alicyclic amines) is 1. The molecular weight excluding hydrogens is 428 g/mol. The van der Waals surface area contributed by atoms with Crippen LogP contribution in [-0.4, -0.2) is 35.7 Å². The predicted octanol–water partition coefficient (Wildman–Crippen LogP) is 6.13. The SMILES string of the molecule is Cc1oc(-c2ccccc2)nc1COc1cccc(C[C@@H]2CN(C(=O)OCC(C)C)C[C@@H]2C)c1. The Kier molecular flexibility index (Phi) is 7.56. The van der Waals surface area contributed by atoms with Crippen LogP contribution in [0.25, 0.3) is 11.5 Å². The molecule has 3 aromatic rings. The van der Waals surface area contributed by atoms with Crippen LogP contribution in [0.4, 0.5) is 4.79 Å². The summed E-state index contributed by atoms with van der Waals surface area (Å²) >= 11 is 0. The first-order valence-electron chi connectivity index (χ1n) is 12.0. The van der Waals surface area contributed by atoms with Gasteiger partial charge in [-0.1, -0.05) is 51.1 Å². The number of aromatic nitrogens is 1. The zero-order valence-corrected chi connectivity index (χ0v) is 20.5. The van der Waals surface area contributed by atoms with Crippen LogP contribution in [0, 0.1) is 24.7 Å². The summed E-state index contributed by atoms with van der Waals surface area (Å²) in [7, 11) is 0. The first kappa shape index (κ1) is 23.9. The monoisotopic (exact) mass is 462 g/mol. The summed E-state index contributed by atoms with van der Waals surface area (Å²) < 4.78 is 17.3. The molecule has 1 aromatic heterocycles. The Hall–Kier alpha value is -3.28. The third-order valence-electron chi connectivity index (χ3n) is 6.25. The molecule has 0 aliphatic carbocycles. The highest BCUT2D eigenvalue weighted by atomic mass is 16.6. The Morgan fingerprint density at radius 3 is 2.71 bits per heavy atom. The first-order valence-corrected chi connectivity index (χ1v) is 12.0. The zero-order chi connectivity index (χ0) is 24.1. The number of rotatable bonds is 8. The number of carbonyl (C=O) groups excluding carboxylic acids is 1. The van der Waals surface area contributed by atoms with Gasteiger partial charge < -0.3 is 18.8 Å². The van der Waals surface area contributed by atoms with Crippen molar-refractivity contribution in [2.24, 2.45) is 17.8 Å². The van der Waals surface area contributed by atoms with Gasteiger partial charge in [-0.15, -0.1) is 0 Å². The number of ether oxygens (including phenoxy) is 2. The van der Waals surface area contributed by atoms with Crippen LogP contribution in [0.5, 0.6) is 5.75 Å². The lowest BCUT2D eigenvalue weighted by Gasteiger charge is -2.17. The summed E-state index contributed by atoms with van der Waals surface area (Å²) in [6.07, 6.45) is 0.700. The lowest BCUT2D eigenvalue weighted by atomic mass is 9.91. The van der Waals surface area contributed by atoms with Gasteiger partial charge in [0.05, 0.1) is 6.61 Å². The summed E-state index contributed by atoms with van der Waals surface area (Å²) in [5.41, 5.74) is 2.95. The van der Waals surface area contributed by atoms with Crippen LogP contribution in [0.2, 0.25) is 0 Å². The van der Waals surface area contributed by atoms with Gasteiger partial charge in [0.1, 0.15) is 23.8 Å². The molecule has 0 N–H and O–H groups in total. The molecule has 180 valence electrons. The second kappa shape index (κ2) is 10.8. The molecule has 1 aliphatic rings. The highest BCUT2D eigenvalue weighted by Gasteiger charge is 2.33. The number of benzene rings is 2. The molecule has 0 saturated carbocycles. The van der Waals surface area contributed by atoms with Crippen molar-refractivity contribution in [1.82, 2.24) is 9.88 Å². The molecule has 0 radical (unpaired) electrons. The van der Waals surface area contributed by atoms with E-state index >= 15 is 0 Å². The molecule has 2 heterocycles. The lowest BCUT2D eigenvalue weighted by Crippen LogP contribution is -2.30. The maximum Gasteiger partial charge on any atom is 0.409 e. The second-order valence-corrected chi connectivity index (χ2v) is 9.64. The van der Waals surface area contributed by atoms with Crippen molar-refractivity contribution in [1.29, 1.82) is 0 Å². The number of oxazole rings is 1. The van der Waals surface area contributed by atoms with Crippen LogP contribution in [0.15, 0.2) is 59.0 Å². The Balaban J connectivity index is 1.34. The molecule has 2 atom stereocenters. The molecule has 6 nitrogen and oxygen atoms in total. The van der Waals surface area contributed by atoms with E-state index in [1.165, 1.54) is 5.56 Å². The second-order valence-electron chi connectivity index (χ2n) is 9.64. The van der Waals surface area contributed by atoms with Crippen molar-refractivity contribution >= 4 is 6.09 Å². The van der Waals surface area contributed by atoms with Gasteiger partial charge in [-0.05, 0) is 60.9 Å². The van der Waals surface area contributed by atoms with Gasteiger partial charge in [-0.3, -0.25) is 0 Å². The Bertz CT molecular complexity index is 1090. The summed E-state index contributed by atoms with van der Waals surface area (Å²) in [6.45, 7) is 10.5. The number of hydrogen-bond acceptors (Lipinski definition) is 5. The maximum absolute atomic E-state index is 12.4. The van der Waals surface area contributed by atoms with Crippen LogP contribution < -0.4 is 4.74 Å². The normalized spacial score (nSPS) is 17.9. The van der Waals surface area contributed by atoms with Crippen molar-refractivity contribution in [2.75, 3.05) is 19.7 Å². The fraction of sp³-hybridized carbons (Fsp3) is 0.429. The fourth-order valence-electron chi connectivity index (χ4n) is 4.26. The molecule has 6 heteroatoms. The number of nitrogens with zero attached hydrogens (tertiary/aromatic N) is 2. The van der Waals surface area contributed by atoms with E-state index < -0.39 is 0 Å². The molecule has 1 saturated heterocycles. The standard InChI is InChI=1S/C28H34N2O4/c1-19(2)17-33-28(31)30-15-20(3)24(16-30)13-22-9-8-12-25(14-22)32-18-26-21(4)34-27(29-26)23-10-6-5-7-11-23/h5-12,14,19-20,24H,13,15-18H2,1-4H3/t20-,24+/m0/s1. The molecule has 0 bridgehead atoms. The quantitative estimate of drug-likeness (QED) is 0.403. The van der Waals surface area contributed by atoms with E-state index in [1.807, 2.05) is 68.1 Å². The smallest absolute Gasteiger partial charge is 0.409 e. The highest BCUT2D eigenvalue weighted by molar-refractivity contribution is 5.68. The van der Waals surface area contributed by atoms with E-state index in [1.54, 1.807) is 0 Å². The van der Waals surface area contributed by atoms with Crippen LogP contribution in [0.1, 0.15) is 37.8 Å². The fourth-order valence-corrected chi connectivity index (χ4v) is 4.26. The van der Waals surface area contributed by atoms with Crippen LogP contribution in [0.3, 0.4) is 0 Å². The molecule has 34 heavy (non-hydrogen) atoms. The average molecular weight is 463 g/mol. The van der Waals surface area contributed by atoms with Crippen molar-refractivity contribution < 1.29 is 18.7 Å². The summed E-state index contributed by atoms with van der Waals surface area (Å²) in [5.74, 6) is 3.34. The number of carbonyl (C=O) groups is 1. The number of amides is 1. The minimum Gasteiger partial charge on any atom is -0.487 e. The summed E-state index contributed by atoms with van der Waals surface area (Å²) in [6, 6.07) is 18.1. The van der Waals surface area contributed by atoms with Gasteiger partial charge in [-0.2, -0.15) is 0 Å². The van der Waals surface area contributed by atoms with Gasteiger partial charge in [0.15, 0.2) is 0 Å². The van der Waals surface area contributed by atoms with Crippen LogP contribution >= 0.6 is 0 Å². The van der Waals surface area contributed by atoms with E-state index in [4.69, 9.17) is 13.9 Å². The van der Waals surface area contributed by atoms with Gasteiger partial charge in [0.2, 0.25) is 5.89 Å². The van der Waals surface area contributed by atoms with Gasteiger partial charge in [0, 0.05) is 18.7 Å². The van der Waals surface area contributed by atoms with E-state index in [-0.39, 0.29) is 6.09 Å². The third kappa shape index (κ3) is 5.99. The molecule has 2 aromatic carbocycles. The van der Waals surface area contributed by atoms with Gasteiger partial charge >= 0.3 is 6.09 Å². The predicted molar refractivity (Wildman–Crippen MR) is 132 cm³/mol. The summed E-state index contributed by atoms with van der Waals surface area (Å²) in [4.78, 5) is 18.8. The lowest BCUT2D eigenvalue weighted by molar-refractivity contribution is 0.0978. The van der Waals surface area contributed by atoms with Crippen molar-refractivity contribution in [3.05, 3.63) is 71.6 Å². The average Bonchev–Trinajstić information content (AvgIpc) is 3.39. The minimum atomic E-state index is -0.196. The largest absolute Gasteiger partial charge is 0.487 e. The third-order valence-corrected chi connectivity index (χ3v) is 6.25. The number of aryl methyl sites for hydroxylation is 1. The first-order chi connectivity index (χ1) is 16.4.